The zero-order valence-corrected chi connectivity index (χ0v) is 21.6. The molecule has 0 atom stereocenters. The Morgan fingerprint density at radius 2 is 1.19 bits per heavy atom. The average molecular weight is 511 g/mol. The molecule has 2 heterocycles. The Labute approximate surface area is 202 Å². The molecular formula is C16H23N5O3Y2-2. The van der Waals surface area contributed by atoms with Gasteiger partial charge in [0.2, 0.25) is 0 Å². The zero-order valence-electron chi connectivity index (χ0n) is 15.9. The molecule has 0 aromatic carbocycles. The third kappa shape index (κ3) is 8.50. The minimum absolute atomic E-state index is 0. The molecule has 0 aliphatic rings. The summed E-state index contributed by atoms with van der Waals surface area (Å²) in [5.74, 6) is 0. The van der Waals surface area contributed by atoms with Gasteiger partial charge in [0.1, 0.15) is 0 Å². The fourth-order valence-electron chi connectivity index (χ4n) is 1.76. The Balaban J connectivity index is 0. The number of nitrogens with one attached hydrogen (secondary N) is 3. The first-order valence-electron chi connectivity index (χ1n) is 7.35. The minimum Gasteiger partial charge on any atom is -0.411 e. The largest absolute Gasteiger partial charge is 0.411 e. The van der Waals surface area contributed by atoms with Crippen LogP contribution in [0.4, 0.5) is 0 Å². The van der Waals surface area contributed by atoms with Crippen LogP contribution in [-0.4, -0.2) is 19.1 Å². The fourth-order valence-corrected chi connectivity index (χ4v) is 1.76. The van der Waals surface area contributed by atoms with Crippen molar-refractivity contribution in [2.75, 3.05) is 0 Å². The predicted molar refractivity (Wildman–Crippen MR) is 89.9 cm³/mol. The maximum Gasteiger partial charge on any atom is 0.323 e. The normalized spacial score (nSPS) is 10.7. The summed E-state index contributed by atoms with van der Waals surface area (Å²) in [6.45, 7) is 11.4. The summed E-state index contributed by atoms with van der Waals surface area (Å²) in [4.78, 5) is 37.6. The molecule has 0 unspecified atom stereocenters. The molecule has 10 heteroatoms. The Bertz CT molecular complexity index is 849. The SMILES string of the molecule is CC(C)(C)n1c[c-]c(=N)[nH]c1=O.CC(C)(C)n1c[c-]c(=O)[nH]c1=O.[Y].[Y]. The molecule has 0 saturated heterocycles. The molecule has 0 aliphatic heterocycles. The molecule has 138 valence electrons. The number of aromatic amines is 2. The van der Waals surface area contributed by atoms with E-state index in [9.17, 15) is 14.4 Å². The first-order valence-corrected chi connectivity index (χ1v) is 7.35. The molecule has 0 spiro atoms. The van der Waals surface area contributed by atoms with E-state index in [1.54, 1.807) is 0 Å². The smallest absolute Gasteiger partial charge is 0.323 e. The van der Waals surface area contributed by atoms with Crippen molar-refractivity contribution in [3.05, 3.63) is 61.3 Å². The summed E-state index contributed by atoms with van der Waals surface area (Å²) >= 11 is 0. The van der Waals surface area contributed by atoms with Gasteiger partial charge in [0.25, 0.3) is 0 Å². The van der Waals surface area contributed by atoms with Gasteiger partial charge in [0, 0.05) is 76.5 Å². The first kappa shape index (κ1) is 27.8. The molecular weight excluding hydrogens is 488 g/mol. The number of rotatable bonds is 0. The van der Waals surface area contributed by atoms with Crippen LogP contribution in [0, 0.1) is 17.5 Å². The quantitative estimate of drug-likeness (QED) is 0.442. The van der Waals surface area contributed by atoms with E-state index < -0.39 is 11.2 Å². The van der Waals surface area contributed by atoms with Crippen LogP contribution in [0.25, 0.3) is 0 Å². The number of hydrogen-bond donors (Lipinski definition) is 3. The van der Waals surface area contributed by atoms with E-state index in [2.05, 4.69) is 22.1 Å². The number of hydrogen-bond acceptors (Lipinski definition) is 4. The van der Waals surface area contributed by atoms with E-state index in [0.29, 0.717) is 0 Å². The van der Waals surface area contributed by atoms with Crippen molar-refractivity contribution in [3.63, 3.8) is 0 Å². The van der Waals surface area contributed by atoms with Crippen molar-refractivity contribution in [2.45, 2.75) is 52.6 Å². The second kappa shape index (κ2) is 10.8. The predicted octanol–water partition coefficient (Wildman–Crippen LogP) is 0.298. The molecule has 0 bridgehead atoms. The summed E-state index contributed by atoms with van der Waals surface area (Å²) in [6, 6.07) is 5.02. The molecule has 0 amide bonds. The van der Waals surface area contributed by atoms with E-state index in [0.717, 1.165) is 0 Å². The molecule has 26 heavy (non-hydrogen) atoms. The zero-order chi connectivity index (χ0) is 18.7. The minimum atomic E-state index is -0.486. The molecule has 2 radical (unpaired) electrons. The van der Waals surface area contributed by atoms with Gasteiger partial charge in [-0.1, -0.05) is 5.49 Å². The second-order valence-corrected chi connectivity index (χ2v) is 7.19. The van der Waals surface area contributed by atoms with Crippen molar-refractivity contribution < 1.29 is 65.4 Å². The molecule has 2 aromatic rings. The topological polar surface area (TPSA) is 116 Å². The Hall–Kier alpha value is -0.432. The van der Waals surface area contributed by atoms with Crippen molar-refractivity contribution >= 4 is 0 Å². The van der Waals surface area contributed by atoms with Crippen LogP contribution in [0.15, 0.2) is 26.8 Å². The molecule has 2 rings (SSSR count). The summed E-state index contributed by atoms with van der Waals surface area (Å²) in [5, 5.41) is 7.11. The molecule has 8 nitrogen and oxygen atoms in total. The van der Waals surface area contributed by atoms with E-state index >= 15 is 0 Å². The van der Waals surface area contributed by atoms with Crippen LogP contribution >= 0.6 is 0 Å². The molecule has 0 fully saturated rings. The van der Waals surface area contributed by atoms with Crippen LogP contribution in [0.2, 0.25) is 0 Å². The van der Waals surface area contributed by atoms with Crippen LogP contribution in [0.5, 0.6) is 0 Å². The van der Waals surface area contributed by atoms with Crippen LogP contribution in [0.1, 0.15) is 41.5 Å². The van der Waals surface area contributed by atoms with Crippen LogP contribution in [0.3, 0.4) is 0 Å². The van der Waals surface area contributed by atoms with Crippen molar-refractivity contribution in [1.29, 1.82) is 5.41 Å². The van der Waals surface area contributed by atoms with Gasteiger partial charge in [-0.3, -0.25) is 0 Å². The monoisotopic (exact) mass is 511 g/mol. The molecule has 0 saturated carbocycles. The van der Waals surface area contributed by atoms with E-state index in [1.165, 1.54) is 21.5 Å². The Morgan fingerprint density at radius 1 is 0.808 bits per heavy atom. The number of aromatic nitrogens is 4. The molecule has 2 aromatic heterocycles. The van der Waals surface area contributed by atoms with Gasteiger partial charge in [-0.25, -0.2) is 9.59 Å². The van der Waals surface area contributed by atoms with Gasteiger partial charge in [0.05, 0.1) is 5.56 Å². The second-order valence-electron chi connectivity index (χ2n) is 7.19. The maximum absolute atomic E-state index is 11.3. The summed E-state index contributed by atoms with van der Waals surface area (Å²) in [7, 11) is 0. The molecule has 3 N–H and O–H groups in total. The van der Waals surface area contributed by atoms with Gasteiger partial charge in [-0.05, 0) is 41.5 Å². The van der Waals surface area contributed by atoms with Crippen LogP contribution < -0.4 is 22.4 Å². The van der Waals surface area contributed by atoms with E-state index in [4.69, 9.17) is 5.41 Å². The molecule has 0 aliphatic carbocycles. The van der Waals surface area contributed by atoms with Gasteiger partial charge in [-0.15, -0.1) is 0 Å². The Kier molecular flexibility index (Phi) is 11.5. The average Bonchev–Trinajstić information content (AvgIpc) is 2.35. The van der Waals surface area contributed by atoms with Gasteiger partial charge >= 0.3 is 11.4 Å². The standard InChI is InChI=1S/C8H12N3O.C8H11N2O2.2Y/c1-8(2,3)11-5-4-6(9)10-7(11)12;1-8(2,3)10-5-4-6(11)9-7(10)12;;/h5H,1-3H3,(H2,9,10,12);5H,1-3H3,(H,9,11,12);;/q2*-1;;. The number of H-pyrrole nitrogens is 2. The third-order valence-electron chi connectivity index (χ3n) is 3.00. The van der Waals surface area contributed by atoms with Gasteiger partial charge in [-0.2, -0.15) is 12.4 Å². The summed E-state index contributed by atoms with van der Waals surface area (Å²) < 4.78 is 2.93. The van der Waals surface area contributed by atoms with Crippen LogP contribution in [-0.2, 0) is 76.5 Å². The third-order valence-corrected chi connectivity index (χ3v) is 3.00. The van der Waals surface area contributed by atoms with E-state index in [1.807, 2.05) is 41.5 Å². The maximum atomic E-state index is 11.3. The van der Waals surface area contributed by atoms with Crippen molar-refractivity contribution in [1.82, 2.24) is 19.1 Å². The van der Waals surface area contributed by atoms with Gasteiger partial charge in [0.15, 0.2) is 0 Å². The fraction of sp³-hybridized carbons (Fsp3) is 0.500. The number of nitrogens with zero attached hydrogens (tertiary/aromatic N) is 2. The van der Waals surface area contributed by atoms with Gasteiger partial charge < -0.3 is 41.4 Å². The first-order chi connectivity index (χ1) is 10.8. The van der Waals surface area contributed by atoms with Crippen molar-refractivity contribution in [3.8, 4) is 0 Å². The summed E-state index contributed by atoms with van der Waals surface area (Å²) in [6.07, 6.45) is 2.88. The Morgan fingerprint density at radius 3 is 1.54 bits per heavy atom. The van der Waals surface area contributed by atoms with E-state index in [-0.39, 0.29) is 87.7 Å². The summed E-state index contributed by atoms with van der Waals surface area (Å²) in [5.41, 5.74) is -1.73. The van der Waals surface area contributed by atoms with Crippen molar-refractivity contribution in [2.24, 2.45) is 0 Å².